The fourth-order valence-corrected chi connectivity index (χ4v) is 4.83. The molecule has 18 heavy (non-hydrogen) atoms. The predicted molar refractivity (Wildman–Crippen MR) is 75.1 cm³/mol. The van der Waals surface area contributed by atoms with Gasteiger partial charge in [0.2, 0.25) is 0 Å². The zero-order valence-electron chi connectivity index (χ0n) is 9.72. The van der Waals surface area contributed by atoms with E-state index in [2.05, 4.69) is 5.32 Å². The Bertz CT molecular complexity index is 492. The normalized spacial score (nSPS) is 26.4. The van der Waals surface area contributed by atoms with E-state index in [0.717, 1.165) is 5.56 Å². The summed E-state index contributed by atoms with van der Waals surface area (Å²) in [5.74, 6) is 0.124. The summed E-state index contributed by atoms with van der Waals surface area (Å²) in [5.41, 5.74) is 0.847. The number of hydrogen-bond acceptors (Lipinski definition) is 3. The van der Waals surface area contributed by atoms with Gasteiger partial charge in [-0.1, -0.05) is 30.3 Å². The van der Waals surface area contributed by atoms with Crippen molar-refractivity contribution >= 4 is 33.0 Å². The van der Waals surface area contributed by atoms with Gasteiger partial charge >= 0.3 is 0 Å². The molecule has 0 spiro atoms. The van der Waals surface area contributed by atoms with E-state index >= 15 is 0 Å². The van der Waals surface area contributed by atoms with Gasteiger partial charge < -0.3 is 5.32 Å². The minimum atomic E-state index is -3.15. The van der Waals surface area contributed by atoms with Crippen LogP contribution in [0.1, 0.15) is 10.9 Å². The van der Waals surface area contributed by atoms with E-state index in [1.807, 2.05) is 30.3 Å². The van der Waals surface area contributed by atoms with Gasteiger partial charge in [-0.3, -0.25) is 0 Å². The smallest absolute Gasteiger partial charge is 0.157 e. The molecule has 1 heterocycles. The fraction of sp³-hybridized carbons (Fsp3) is 0.500. The van der Waals surface area contributed by atoms with Crippen molar-refractivity contribution in [3.63, 3.8) is 0 Å². The van der Waals surface area contributed by atoms with Crippen molar-refractivity contribution in [2.75, 3.05) is 18.8 Å². The van der Waals surface area contributed by atoms with Crippen LogP contribution in [0.4, 0.5) is 0 Å². The third-order valence-electron chi connectivity index (χ3n) is 3.12. The van der Waals surface area contributed by atoms with E-state index in [1.54, 1.807) is 0 Å². The Balaban J connectivity index is 2.18. The molecular weight excluding hydrogens is 293 g/mol. The Hall–Kier alpha value is -0.290. The first-order chi connectivity index (χ1) is 8.52. The maximum atomic E-state index is 12.0. The van der Waals surface area contributed by atoms with Crippen LogP contribution >= 0.6 is 23.2 Å². The summed E-state index contributed by atoms with van der Waals surface area (Å²) in [4.78, 5) is 0. The number of halogens is 2. The molecule has 1 aromatic carbocycles. The van der Waals surface area contributed by atoms with Crippen LogP contribution in [-0.2, 0) is 9.84 Å². The number of sulfone groups is 1. The Kier molecular flexibility index (Phi) is 4.54. The molecule has 0 aliphatic carbocycles. The van der Waals surface area contributed by atoms with Gasteiger partial charge in [0.05, 0.1) is 21.8 Å². The first kappa shape index (κ1) is 14.1. The lowest BCUT2D eigenvalue weighted by atomic mass is 10.1. The largest absolute Gasteiger partial charge is 0.314 e. The molecule has 1 saturated heterocycles. The highest BCUT2D eigenvalue weighted by Crippen LogP contribution is 2.33. The van der Waals surface area contributed by atoms with Crippen LogP contribution < -0.4 is 5.32 Å². The number of nitrogens with one attached hydrogen (secondary N) is 1. The number of alkyl halides is 2. The molecule has 1 fully saturated rings. The number of rotatable bonds is 3. The van der Waals surface area contributed by atoms with Crippen molar-refractivity contribution in [3.8, 4) is 0 Å². The van der Waals surface area contributed by atoms with E-state index in [-0.39, 0.29) is 5.75 Å². The molecule has 0 amide bonds. The van der Waals surface area contributed by atoms with E-state index < -0.39 is 25.8 Å². The van der Waals surface area contributed by atoms with Gasteiger partial charge in [0.1, 0.15) is 0 Å². The maximum Gasteiger partial charge on any atom is 0.157 e. The van der Waals surface area contributed by atoms with Crippen molar-refractivity contribution in [2.45, 2.75) is 16.0 Å². The van der Waals surface area contributed by atoms with Crippen LogP contribution in [0.15, 0.2) is 30.3 Å². The number of hydrogen-bond donors (Lipinski definition) is 1. The van der Waals surface area contributed by atoms with E-state index in [0.29, 0.717) is 13.1 Å². The first-order valence-electron chi connectivity index (χ1n) is 5.78. The Labute approximate surface area is 117 Å². The molecule has 1 aliphatic heterocycles. The van der Waals surface area contributed by atoms with Gasteiger partial charge in [0.25, 0.3) is 0 Å². The van der Waals surface area contributed by atoms with Crippen molar-refractivity contribution in [3.05, 3.63) is 35.9 Å². The molecule has 0 aromatic heterocycles. The highest BCUT2D eigenvalue weighted by atomic mass is 35.5. The Morgan fingerprint density at radius 1 is 1.22 bits per heavy atom. The summed E-state index contributed by atoms with van der Waals surface area (Å²) in [7, 11) is -3.15. The fourth-order valence-electron chi connectivity index (χ4n) is 2.06. The topological polar surface area (TPSA) is 46.2 Å². The molecule has 1 aromatic rings. The predicted octanol–water partition coefficient (Wildman–Crippen LogP) is 1.96. The summed E-state index contributed by atoms with van der Waals surface area (Å²) in [6.45, 7) is 0.854. The summed E-state index contributed by atoms with van der Waals surface area (Å²) in [6, 6.07) is 9.32. The molecular formula is C12H15Cl2NO2S. The second-order valence-corrected chi connectivity index (χ2v) is 7.68. The van der Waals surface area contributed by atoms with E-state index in [4.69, 9.17) is 23.2 Å². The summed E-state index contributed by atoms with van der Waals surface area (Å²) in [6.07, 6.45) is 0. The SMILES string of the molecule is O=S1(=O)CCNCC1C(Cl)C(Cl)c1ccccc1. The second-order valence-electron chi connectivity index (χ2n) is 4.37. The zero-order valence-corrected chi connectivity index (χ0v) is 12.0. The molecule has 3 unspecified atom stereocenters. The van der Waals surface area contributed by atoms with Gasteiger partial charge in [-0.25, -0.2) is 8.42 Å². The molecule has 100 valence electrons. The van der Waals surface area contributed by atoms with Crippen molar-refractivity contribution in [2.24, 2.45) is 0 Å². The molecule has 0 saturated carbocycles. The summed E-state index contributed by atoms with van der Waals surface area (Å²) >= 11 is 12.6. The third-order valence-corrected chi connectivity index (χ3v) is 6.64. The summed E-state index contributed by atoms with van der Waals surface area (Å²) < 4.78 is 24.0. The van der Waals surface area contributed by atoms with Crippen LogP contribution in [-0.4, -0.2) is 37.9 Å². The number of benzene rings is 1. The van der Waals surface area contributed by atoms with Crippen LogP contribution in [0, 0.1) is 0 Å². The Morgan fingerprint density at radius 3 is 2.50 bits per heavy atom. The lowest BCUT2D eigenvalue weighted by Crippen LogP contribution is -2.49. The molecule has 0 radical (unpaired) electrons. The van der Waals surface area contributed by atoms with Crippen LogP contribution in [0.2, 0.25) is 0 Å². The molecule has 3 atom stereocenters. The van der Waals surface area contributed by atoms with Gasteiger partial charge in [-0.2, -0.15) is 0 Å². The maximum absolute atomic E-state index is 12.0. The highest BCUT2D eigenvalue weighted by molar-refractivity contribution is 7.92. The van der Waals surface area contributed by atoms with Crippen LogP contribution in [0.25, 0.3) is 0 Å². The van der Waals surface area contributed by atoms with Crippen molar-refractivity contribution in [1.82, 2.24) is 5.32 Å². The lowest BCUT2D eigenvalue weighted by molar-refractivity contribution is 0.533. The minimum absolute atomic E-state index is 0.124. The average Bonchev–Trinajstić information content (AvgIpc) is 2.37. The van der Waals surface area contributed by atoms with Crippen molar-refractivity contribution < 1.29 is 8.42 Å². The first-order valence-corrected chi connectivity index (χ1v) is 8.36. The molecule has 0 bridgehead atoms. The van der Waals surface area contributed by atoms with Crippen LogP contribution in [0.3, 0.4) is 0 Å². The minimum Gasteiger partial charge on any atom is -0.314 e. The molecule has 6 heteroatoms. The van der Waals surface area contributed by atoms with Crippen LogP contribution in [0.5, 0.6) is 0 Å². The lowest BCUT2D eigenvalue weighted by Gasteiger charge is -2.29. The monoisotopic (exact) mass is 307 g/mol. The summed E-state index contributed by atoms with van der Waals surface area (Å²) in [5, 5.41) is 1.29. The van der Waals surface area contributed by atoms with Gasteiger partial charge in [-0.15, -0.1) is 23.2 Å². The third kappa shape index (κ3) is 2.99. The molecule has 3 nitrogen and oxygen atoms in total. The van der Waals surface area contributed by atoms with Gasteiger partial charge in [0, 0.05) is 13.1 Å². The highest BCUT2D eigenvalue weighted by Gasteiger charge is 2.38. The standard InChI is InChI=1S/C12H15Cl2NO2S/c13-11(9-4-2-1-3-5-9)12(14)10-8-15-6-7-18(10,16)17/h1-5,10-12,15H,6-8H2. The molecule has 1 N–H and O–H groups in total. The van der Waals surface area contributed by atoms with Gasteiger partial charge in [-0.05, 0) is 5.56 Å². The molecule has 2 rings (SSSR count). The molecule has 1 aliphatic rings. The quantitative estimate of drug-likeness (QED) is 0.868. The van der Waals surface area contributed by atoms with Crippen molar-refractivity contribution in [1.29, 1.82) is 0 Å². The van der Waals surface area contributed by atoms with Gasteiger partial charge in [0.15, 0.2) is 9.84 Å². The van der Waals surface area contributed by atoms with E-state index in [1.165, 1.54) is 0 Å². The average molecular weight is 308 g/mol. The zero-order chi connectivity index (χ0) is 13.2. The Morgan fingerprint density at radius 2 is 1.89 bits per heavy atom. The second kappa shape index (κ2) is 5.78. The van der Waals surface area contributed by atoms with E-state index in [9.17, 15) is 8.42 Å².